The molecule has 0 saturated heterocycles. The number of anilines is 1. The Hall–Kier alpha value is -4.11. The van der Waals surface area contributed by atoms with Crippen LogP contribution in [0.2, 0.25) is 0 Å². The summed E-state index contributed by atoms with van der Waals surface area (Å²) in [5.74, 6) is 0.960. The first-order valence-electron chi connectivity index (χ1n) is 9.71. The third-order valence-corrected chi connectivity index (χ3v) is 4.59. The molecule has 1 aromatic carbocycles. The van der Waals surface area contributed by atoms with Crippen LogP contribution in [0.4, 0.5) is 5.69 Å². The number of hydrogen-bond donors (Lipinski definition) is 4. The molecule has 0 radical (unpaired) electrons. The maximum absolute atomic E-state index is 12.7. The first-order valence-corrected chi connectivity index (χ1v) is 9.71. The average Bonchev–Trinajstić information content (AvgIpc) is 3.31. The maximum Gasteiger partial charge on any atom is 0.251 e. The fraction of sp³-hybridized carbons (Fsp3) is 0.136. The van der Waals surface area contributed by atoms with Crippen LogP contribution in [0.5, 0.6) is 0 Å². The van der Waals surface area contributed by atoms with Crippen molar-refractivity contribution in [1.29, 1.82) is 0 Å². The molecule has 0 saturated carbocycles. The van der Waals surface area contributed by atoms with E-state index in [-0.39, 0.29) is 12.5 Å². The van der Waals surface area contributed by atoms with Crippen molar-refractivity contribution in [3.8, 4) is 11.4 Å². The van der Waals surface area contributed by atoms with Crippen LogP contribution in [-0.2, 0) is 6.54 Å². The highest BCUT2D eigenvalue weighted by Gasteiger charge is 2.16. The maximum atomic E-state index is 12.7. The van der Waals surface area contributed by atoms with Gasteiger partial charge in [-0.3, -0.25) is 19.9 Å². The van der Waals surface area contributed by atoms with E-state index < -0.39 is 6.04 Å². The van der Waals surface area contributed by atoms with Gasteiger partial charge in [-0.2, -0.15) is 5.10 Å². The molecule has 4 rings (SSSR count). The van der Waals surface area contributed by atoms with Gasteiger partial charge in [-0.1, -0.05) is 12.1 Å². The Bertz CT molecular complexity index is 1130. The van der Waals surface area contributed by atoms with Crippen molar-refractivity contribution in [3.63, 3.8) is 0 Å². The Kier molecular flexibility index (Phi) is 6.24. The number of amides is 1. The molecule has 3 aromatic heterocycles. The third kappa shape index (κ3) is 5.09. The zero-order chi connectivity index (χ0) is 21.5. The summed E-state index contributed by atoms with van der Waals surface area (Å²) in [6.07, 6.45) is 5.00. The van der Waals surface area contributed by atoms with Crippen molar-refractivity contribution in [1.82, 2.24) is 30.5 Å². The van der Waals surface area contributed by atoms with Crippen LogP contribution in [0.15, 0.2) is 73.2 Å². The second-order valence-corrected chi connectivity index (χ2v) is 6.74. The highest BCUT2D eigenvalue weighted by Crippen LogP contribution is 2.16. The smallest absolute Gasteiger partial charge is 0.251 e. The third-order valence-electron chi connectivity index (χ3n) is 4.59. The normalized spacial score (nSPS) is 11.6. The molecular formula is C22H21N7O2. The van der Waals surface area contributed by atoms with Gasteiger partial charge >= 0.3 is 0 Å². The van der Waals surface area contributed by atoms with E-state index in [4.69, 9.17) is 0 Å². The Morgan fingerprint density at radius 1 is 1.06 bits per heavy atom. The minimum Gasteiger partial charge on any atom is -0.394 e. The highest BCUT2D eigenvalue weighted by molar-refractivity contribution is 5.95. The molecule has 0 aliphatic heterocycles. The molecule has 156 valence electrons. The van der Waals surface area contributed by atoms with Gasteiger partial charge in [0.2, 0.25) is 0 Å². The number of carbonyl (C=O) groups excluding carboxylic acids is 1. The number of hydrogen-bond acceptors (Lipinski definition) is 7. The molecule has 1 unspecified atom stereocenters. The molecule has 4 aromatic rings. The van der Waals surface area contributed by atoms with Crippen molar-refractivity contribution in [2.75, 3.05) is 11.9 Å². The molecule has 9 nitrogen and oxygen atoms in total. The van der Waals surface area contributed by atoms with Gasteiger partial charge in [0.05, 0.1) is 24.9 Å². The van der Waals surface area contributed by atoms with Crippen molar-refractivity contribution in [2.45, 2.75) is 12.6 Å². The SMILES string of the molecule is O=C(NC(CO)c1ccccn1)c1cccc(NCc2nc(-c3ccncc3)n[nH]2)c1. The van der Waals surface area contributed by atoms with E-state index in [1.165, 1.54) is 0 Å². The number of H-pyrrole nitrogens is 1. The fourth-order valence-corrected chi connectivity index (χ4v) is 3.00. The molecule has 1 amide bonds. The van der Waals surface area contributed by atoms with Gasteiger partial charge in [0.25, 0.3) is 5.91 Å². The number of benzene rings is 1. The van der Waals surface area contributed by atoms with E-state index >= 15 is 0 Å². The molecule has 0 spiro atoms. The van der Waals surface area contributed by atoms with Gasteiger partial charge in [-0.05, 0) is 42.5 Å². The Balaban J connectivity index is 1.39. The lowest BCUT2D eigenvalue weighted by Crippen LogP contribution is -2.31. The Labute approximate surface area is 178 Å². The molecule has 4 N–H and O–H groups in total. The summed E-state index contributed by atoms with van der Waals surface area (Å²) in [5, 5.41) is 22.8. The van der Waals surface area contributed by atoms with Gasteiger partial charge in [0.15, 0.2) is 5.82 Å². The predicted octanol–water partition coefficient (Wildman–Crippen LogP) is 2.34. The lowest BCUT2D eigenvalue weighted by atomic mass is 10.1. The van der Waals surface area contributed by atoms with Crippen LogP contribution < -0.4 is 10.6 Å². The summed E-state index contributed by atoms with van der Waals surface area (Å²) in [6, 6.07) is 15.6. The van der Waals surface area contributed by atoms with Crippen molar-refractivity contribution >= 4 is 11.6 Å². The van der Waals surface area contributed by atoms with Crippen molar-refractivity contribution in [3.05, 3.63) is 90.3 Å². The minimum atomic E-state index is -0.578. The lowest BCUT2D eigenvalue weighted by Gasteiger charge is -2.16. The summed E-state index contributed by atoms with van der Waals surface area (Å²) >= 11 is 0. The van der Waals surface area contributed by atoms with Gasteiger partial charge in [0, 0.05) is 35.4 Å². The molecule has 0 fully saturated rings. The number of carbonyl (C=O) groups is 1. The summed E-state index contributed by atoms with van der Waals surface area (Å²) in [6.45, 7) is 0.169. The second kappa shape index (κ2) is 9.59. The molecule has 0 aliphatic rings. The molecule has 0 bridgehead atoms. The van der Waals surface area contributed by atoms with E-state index in [9.17, 15) is 9.90 Å². The van der Waals surface area contributed by atoms with E-state index in [2.05, 4.69) is 35.8 Å². The number of aromatic nitrogens is 5. The second-order valence-electron chi connectivity index (χ2n) is 6.74. The van der Waals surface area contributed by atoms with Crippen LogP contribution in [-0.4, -0.2) is 42.8 Å². The molecule has 1 atom stereocenters. The zero-order valence-corrected chi connectivity index (χ0v) is 16.6. The van der Waals surface area contributed by atoms with Crippen LogP contribution in [0, 0.1) is 0 Å². The number of nitrogens with zero attached hydrogens (tertiary/aromatic N) is 4. The molecule has 31 heavy (non-hydrogen) atoms. The van der Waals surface area contributed by atoms with Gasteiger partial charge < -0.3 is 15.7 Å². The van der Waals surface area contributed by atoms with E-state index in [0.717, 1.165) is 11.3 Å². The van der Waals surface area contributed by atoms with Crippen molar-refractivity contribution in [2.24, 2.45) is 0 Å². The van der Waals surface area contributed by atoms with Crippen LogP contribution in [0.1, 0.15) is 27.9 Å². The first-order chi connectivity index (χ1) is 15.2. The number of aliphatic hydroxyl groups is 1. The van der Waals surface area contributed by atoms with Crippen molar-refractivity contribution < 1.29 is 9.90 Å². The predicted molar refractivity (Wildman–Crippen MR) is 115 cm³/mol. The fourth-order valence-electron chi connectivity index (χ4n) is 3.00. The van der Waals surface area contributed by atoms with E-state index in [1.807, 2.05) is 24.3 Å². The molecule has 3 heterocycles. The number of rotatable bonds is 8. The van der Waals surface area contributed by atoms with Gasteiger partial charge in [0.1, 0.15) is 5.82 Å². The molecule has 0 aliphatic carbocycles. The summed E-state index contributed by atoms with van der Waals surface area (Å²) in [4.78, 5) is 25.3. The quantitative estimate of drug-likeness (QED) is 0.348. The first kappa shape index (κ1) is 20.2. The minimum absolute atomic E-state index is 0.244. The van der Waals surface area contributed by atoms with E-state index in [1.54, 1.807) is 48.9 Å². The number of nitrogens with one attached hydrogen (secondary N) is 3. The Morgan fingerprint density at radius 3 is 2.71 bits per heavy atom. The molecular weight excluding hydrogens is 394 g/mol. The van der Waals surface area contributed by atoms with Gasteiger partial charge in [-0.15, -0.1) is 0 Å². The summed E-state index contributed by atoms with van der Waals surface area (Å²) in [5.41, 5.74) is 2.70. The van der Waals surface area contributed by atoms with E-state index in [0.29, 0.717) is 29.5 Å². The monoisotopic (exact) mass is 415 g/mol. The topological polar surface area (TPSA) is 129 Å². The number of aliphatic hydroxyl groups excluding tert-OH is 1. The number of aromatic amines is 1. The lowest BCUT2D eigenvalue weighted by molar-refractivity contribution is 0.0914. The van der Waals surface area contributed by atoms with Crippen LogP contribution >= 0.6 is 0 Å². The Morgan fingerprint density at radius 2 is 1.94 bits per heavy atom. The number of pyridine rings is 2. The van der Waals surface area contributed by atoms with Crippen LogP contribution in [0.3, 0.4) is 0 Å². The standard InChI is InChI=1S/C22H21N7O2/c30-14-19(18-6-1-2-9-24-18)26-22(31)16-4-3-5-17(12-16)25-13-20-27-21(29-28-20)15-7-10-23-11-8-15/h1-12,19,25,30H,13-14H2,(H,26,31)(H,27,28,29). The summed E-state index contributed by atoms with van der Waals surface area (Å²) < 4.78 is 0. The molecule has 9 heteroatoms. The largest absolute Gasteiger partial charge is 0.394 e. The average molecular weight is 415 g/mol. The zero-order valence-electron chi connectivity index (χ0n) is 16.6. The summed E-state index contributed by atoms with van der Waals surface area (Å²) in [7, 11) is 0. The highest BCUT2D eigenvalue weighted by atomic mass is 16.3. The van der Waals surface area contributed by atoms with Crippen LogP contribution in [0.25, 0.3) is 11.4 Å². The van der Waals surface area contributed by atoms with Gasteiger partial charge in [-0.25, -0.2) is 4.98 Å².